The molecule has 0 unspecified atom stereocenters. The van der Waals surface area contributed by atoms with Crippen LogP contribution in [0.2, 0.25) is 5.02 Å². The van der Waals surface area contributed by atoms with E-state index in [1.54, 1.807) is 39.0 Å². The lowest BCUT2D eigenvalue weighted by Crippen LogP contribution is -2.54. The molecule has 0 aliphatic rings. The van der Waals surface area contributed by atoms with Crippen molar-refractivity contribution in [1.82, 2.24) is 14.9 Å². The number of aromatic nitrogens is 2. The highest BCUT2D eigenvalue weighted by molar-refractivity contribution is 6.32. The van der Waals surface area contributed by atoms with Gasteiger partial charge in [0.25, 0.3) is 11.5 Å². The van der Waals surface area contributed by atoms with Gasteiger partial charge in [-0.15, -0.1) is 0 Å². The van der Waals surface area contributed by atoms with Gasteiger partial charge in [0.15, 0.2) is 0 Å². The number of halogens is 5. The number of H-pyrrole nitrogens is 1. The van der Waals surface area contributed by atoms with Crippen LogP contribution in [0.25, 0.3) is 22.0 Å². The zero-order chi connectivity index (χ0) is 30.7. The van der Waals surface area contributed by atoms with Gasteiger partial charge < -0.3 is 24.7 Å². The summed E-state index contributed by atoms with van der Waals surface area (Å²) in [6, 6.07) is 8.45. The molecule has 218 valence electrons. The summed E-state index contributed by atoms with van der Waals surface area (Å²) >= 11 is 6.27. The third-order valence-corrected chi connectivity index (χ3v) is 7.01. The van der Waals surface area contributed by atoms with E-state index in [9.17, 15) is 32.3 Å². The van der Waals surface area contributed by atoms with Crippen LogP contribution in [0.3, 0.4) is 0 Å². The van der Waals surface area contributed by atoms with Crippen LogP contribution < -0.4 is 15.6 Å². The number of ether oxygens (including phenoxy) is 1. The fourth-order valence-corrected chi connectivity index (χ4v) is 4.52. The normalized spacial score (nSPS) is 12.6. The molecule has 0 radical (unpaired) electrons. The molecule has 4 rings (SSSR count). The van der Waals surface area contributed by atoms with Gasteiger partial charge in [0.2, 0.25) is 0 Å². The van der Waals surface area contributed by atoms with E-state index in [0.29, 0.717) is 22.3 Å². The van der Waals surface area contributed by atoms with Gasteiger partial charge in [0.05, 0.1) is 10.6 Å². The minimum Gasteiger partial charge on any atom is -0.455 e. The molecule has 12 heteroatoms. The molecule has 41 heavy (non-hydrogen) atoms. The average molecular weight is 594 g/mol. The van der Waals surface area contributed by atoms with Crippen LogP contribution in [-0.4, -0.2) is 32.3 Å². The summed E-state index contributed by atoms with van der Waals surface area (Å²) in [6.45, 7) is 6.41. The van der Waals surface area contributed by atoms with Crippen molar-refractivity contribution in [3.63, 3.8) is 0 Å². The van der Waals surface area contributed by atoms with Crippen LogP contribution in [0.1, 0.15) is 49.3 Å². The maximum absolute atomic E-state index is 13.9. The molecule has 0 bridgehead atoms. The number of hydrogen-bond acceptors (Lipinski definition) is 4. The molecule has 7 nitrogen and oxygen atoms in total. The molecule has 0 spiro atoms. The summed E-state index contributed by atoms with van der Waals surface area (Å²) in [5, 5.41) is 12.9. The van der Waals surface area contributed by atoms with Crippen LogP contribution in [-0.2, 0) is 12.6 Å². The van der Waals surface area contributed by atoms with Gasteiger partial charge in [-0.1, -0.05) is 17.7 Å². The lowest BCUT2D eigenvalue weighted by molar-refractivity contribution is -0.182. The van der Waals surface area contributed by atoms with Gasteiger partial charge in [-0.3, -0.25) is 9.59 Å². The fraction of sp³-hybridized carbons (Fsp3) is 0.310. The van der Waals surface area contributed by atoms with Gasteiger partial charge in [-0.05, 0) is 76.1 Å². The number of aromatic amines is 1. The molecule has 0 fully saturated rings. The van der Waals surface area contributed by atoms with E-state index in [1.165, 1.54) is 29.9 Å². The van der Waals surface area contributed by atoms with Crippen LogP contribution in [0.4, 0.5) is 17.6 Å². The SMILES string of the molecule is Cc1cc(F)cc(Cl)c1Oc1ccc(C(C)(C)O)cc1-c1cn(C)c(=O)c2[nH]c(C(=O)NC(C)(C)C(F)(F)F)cc12. The topological polar surface area (TPSA) is 96.3 Å². The molecule has 1 amide bonds. The number of aliphatic hydroxyl groups is 1. The standard InChI is InChI=1S/C29H28ClF4N3O4/c1-14-9-16(31)11-20(30)24(14)41-22-8-7-15(27(2,3)40)10-17(22)19-13-37(6)26(39)23-18(19)12-21(35-23)25(38)36-28(4,5)29(32,33)34/h7-13,35,40H,1-6H3,(H,36,38). The Kier molecular flexibility index (Phi) is 7.51. The summed E-state index contributed by atoms with van der Waals surface area (Å²) < 4.78 is 61.5. The molecule has 2 aromatic carbocycles. The van der Waals surface area contributed by atoms with E-state index >= 15 is 0 Å². The number of benzene rings is 2. The second kappa shape index (κ2) is 10.2. The van der Waals surface area contributed by atoms with E-state index < -0.39 is 34.6 Å². The molecule has 2 heterocycles. The predicted octanol–water partition coefficient (Wildman–Crippen LogP) is 6.72. The number of alkyl halides is 3. The third kappa shape index (κ3) is 5.82. The summed E-state index contributed by atoms with van der Waals surface area (Å²) in [5.74, 6) is -1.22. The smallest absolute Gasteiger partial charge is 0.410 e. The summed E-state index contributed by atoms with van der Waals surface area (Å²) in [5.41, 5.74) is -3.04. The number of rotatable bonds is 6. The Morgan fingerprint density at radius 1 is 1.07 bits per heavy atom. The zero-order valence-corrected chi connectivity index (χ0v) is 23.8. The number of amides is 1. The van der Waals surface area contributed by atoms with Crippen molar-refractivity contribution in [2.24, 2.45) is 7.05 Å². The van der Waals surface area contributed by atoms with Crippen molar-refractivity contribution >= 4 is 28.4 Å². The Hall–Kier alpha value is -3.83. The second-order valence-electron chi connectivity index (χ2n) is 10.9. The molecule has 0 aliphatic heterocycles. The maximum atomic E-state index is 13.9. The molecule has 4 aromatic rings. The number of pyridine rings is 1. The molecule has 0 saturated heterocycles. The Bertz CT molecular complexity index is 1710. The third-order valence-electron chi connectivity index (χ3n) is 6.73. The Balaban J connectivity index is 1.94. The van der Waals surface area contributed by atoms with Gasteiger partial charge in [0, 0.05) is 29.8 Å². The van der Waals surface area contributed by atoms with Gasteiger partial charge in [-0.25, -0.2) is 4.39 Å². The highest BCUT2D eigenvalue weighted by Gasteiger charge is 2.48. The van der Waals surface area contributed by atoms with Crippen LogP contribution in [0, 0.1) is 12.7 Å². The van der Waals surface area contributed by atoms with E-state index in [-0.39, 0.29) is 33.1 Å². The van der Waals surface area contributed by atoms with Crippen molar-refractivity contribution in [1.29, 1.82) is 0 Å². The van der Waals surface area contributed by atoms with Crippen molar-refractivity contribution in [3.8, 4) is 22.6 Å². The van der Waals surface area contributed by atoms with Gasteiger partial charge >= 0.3 is 6.18 Å². The number of hydrogen-bond donors (Lipinski definition) is 3. The maximum Gasteiger partial charge on any atom is 0.410 e. The van der Waals surface area contributed by atoms with Crippen molar-refractivity contribution in [2.75, 3.05) is 0 Å². The molecule has 3 N–H and O–H groups in total. The van der Waals surface area contributed by atoms with Crippen LogP contribution in [0.5, 0.6) is 11.5 Å². The highest BCUT2D eigenvalue weighted by Crippen LogP contribution is 2.42. The Morgan fingerprint density at radius 2 is 1.73 bits per heavy atom. The first-order valence-electron chi connectivity index (χ1n) is 12.4. The van der Waals surface area contributed by atoms with Gasteiger partial charge in [-0.2, -0.15) is 13.2 Å². The van der Waals surface area contributed by atoms with Gasteiger partial charge in [0.1, 0.15) is 34.1 Å². The van der Waals surface area contributed by atoms with E-state index in [4.69, 9.17) is 16.3 Å². The molecule has 0 saturated carbocycles. The lowest BCUT2D eigenvalue weighted by atomic mass is 9.93. The number of carbonyl (C=O) groups is 1. The molecular weight excluding hydrogens is 566 g/mol. The molecule has 0 atom stereocenters. The van der Waals surface area contributed by atoms with Crippen LogP contribution in [0.15, 0.2) is 47.4 Å². The number of fused-ring (bicyclic) bond motifs is 1. The fourth-order valence-electron chi connectivity index (χ4n) is 4.23. The quantitative estimate of drug-likeness (QED) is 0.216. The Morgan fingerprint density at radius 3 is 2.32 bits per heavy atom. The summed E-state index contributed by atoms with van der Waals surface area (Å²) in [6.07, 6.45) is -3.24. The van der Waals surface area contributed by atoms with Crippen LogP contribution >= 0.6 is 11.6 Å². The number of nitrogens with zero attached hydrogens (tertiary/aromatic N) is 1. The first-order chi connectivity index (χ1) is 18.8. The average Bonchev–Trinajstić information content (AvgIpc) is 3.28. The lowest BCUT2D eigenvalue weighted by Gasteiger charge is -2.28. The number of carbonyl (C=O) groups excluding carboxylic acids is 1. The number of nitrogens with one attached hydrogen (secondary N) is 2. The molecule has 0 aliphatic carbocycles. The highest BCUT2D eigenvalue weighted by atomic mass is 35.5. The molecule has 2 aromatic heterocycles. The molecular formula is C29H28ClF4N3O4. The summed E-state index contributed by atoms with van der Waals surface area (Å²) in [7, 11) is 1.47. The minimum absolute atomic E-state index is 0.0125. The predicted molar refractivity (Wildman–Crippen MR) is 148 cm³/mol. The Labute approximate surface area is 237 Å². The monoisotopic (exact) mass is 593 g/mol. The second-order valence-corrected chi connectivity index (χ2v) is 11.3. The first-order valence-corrected chi connectivity index (χ1v) is 12.8. The van der Waals surface area contributed by atoms with Crippen molar-refractivity contribution in [2.45, 2.75) is 51.9 Å². The summed E-state index contributed by atoms with van der Waals surface area (Å²) in [4.78, 5) is 28.5. The minimum atomic E-state index is -4.72. The van der Waals surface area contributed by atoms with Crippen molar-refractivity contribution in [3.05, 3.63) is 80.6 Å². The number of aryl methyl sites for hydroxylation is 2. The van der Waals surface area contributed by atoms with E-state index in [1.807, 2.05) is 5.32 Å². The first kappa shape index (κ1) is 30.1. The van der Waals surface area contributed by atoms with E-state index in [0.717, 1.165) is 19.9 Å². The zero-order valence-electron chi connectivity index (χ0n) is 23.1. The van der Waals surface area contributed by atoms with E-state index in [2.05, 4.69) is 4.98 Å². The van der Waals surface area contributed by atoms with Crippen molar-refractivity contribution < 1.29 is 32.2 Å². The largest absolute Gasteiger partial charge is 0.455 e.